The first-order chi connectivity index (χ1) is 9.15. The van der Waals surface area contributed by atoms with E-state index < -0.39 is 0 Å². The van der Waals surface area contributed by atoms with Gasteiger partial charge in [-0.2, -0.15) is 5.10 Å². The molecule has 0 spiro atoms. The highest BCUT2D eigenvalue weighted by Crippen LogP contribution is 2.29. The summed E-state index contributed by atoms with van der Waals surface area (Å²) in [5.41, 5.74) is 2.01. The van der Waals surface area contributed by atoms with E-state index in [0.717, 1.165) is 0 Å². The minimum atomic E-state index is -0.183. The highest BCUT2D eigenvalue weighted by atomic mass is 16.5. The Labute approximate surface area is 109 Å². The normalized spacial score (nSPS) is 16.6. The number of carbonyl (C=O) groups excluding carboxylic acids is 1. The summed E-state index contributed by atoms with van der Waals surface area (Å²) in [4.78, 5) is 16.4. The molecule has 6 heteroatoms. The van der Waals surface area contributed by atoms with Crippen molar-refractivity contribution in [3.8, 4) is 5.75 Å². The van der Waals surface area contributed by atoms with E-state index in [1.54, 1.807) is 25.3 Å². The van der Waals surface area contributed by atoms with Crippen molar-refractivity contribution >= 4 is 23.9 Å². The number of methoxy groups -OCH3 is 1. The Bertz CT molecular complexity index is 688. The van der Waals surface area contributed by atoms with Crippen molar-refractivity contribution in [1.29, 1.82) is 0 Å². The van der Waals surface area contributed by atoms with Gasteiger partial charge in [-0.15, -0.1) is 10.2 Å². The maximum absolute atomic E-state index is 12.3. The maximum Gasteiger partial charge on any atom is 0.214 e. The number of nitrogens with zero attached hydrogens (tertiary/aromatic N) is 4. The molecular formula is C13H10N4O2. The average Bonchev–Trinajstić information content (AvgIpc) is 2.70. The van der Waals surface area contributed by atoms with E-state index in [1.807, 2.05) is 0 Å². The Morgan fingerprint density at radius 2 is 2.11 bits per heavy atom. The van der Waals surface area contributed by atoms with E-state index in [1.165, 1.54) is 5.12 Å². The minimum Gasteiger partial charge on any atom is -0.497 e. The molecule has 1 aliphatic heterocycles. The quantitative estimate of drug-likeness (QED) is 0.750. The van der Waals surface area contributed by atoms with E-state index in [4.69, 9.17) is 4.74 Å². The van der Waals surface area contributed by atoms with E-state index in [2.05, 4.69) is 28.5 Å². The molecule has 3 rings (SSSR count). The van der Waals surface area contributed by atoms with Crippen LogP contribution in [-0.4, -0.2) is 36.2 Å². The molecule has 0 saturated heterocycles. The van der Waals surface area contributed by atoms with E-state index in [0.29, 0.717) is 22.6 Å². The van der Waals surface area contributed by atoms with Crippen molar-refractivity contribution in [2.45, 2.75) is 0 Å². The molecule has 0 radical (unpaired) electrons. The van der Waals surface area contributed by atoms with Gasteiger partial charge in [0.2, 0.25) is 5.78 Å². The number of Topliss-reactive ketones (excluding diaryl/α,β-unsaturated/α-hetero) is 1. The van der Waals surface area contributed by atoms with Crippen LogP contribution in [0.3, 0.4) is 0 Å². The van der Waals surface area contributed by atoms with Crippen LogP contribution in [0.1, 0.15) is 15.9 Å². The minimum absolute atomic E-state index is 0.183. The molecule has 0 fully saturated rings. The van der Waals surface area contributed by atoms with Gasteiger partial charge in [0.05, 0.1) is 7.11 Å². The van der Waals surface area contributed by atoms with Gasteiger partial charge in [-0.3, -0.25) is 4.79 Å². The second-order valence-corrected chi connectivity index (χ2v) is 4.00. The number of hydrogen-bond acceptors (Lipinski definition) is 6. The van der Waals surface area contributed by atoms with Gasteiger partial charge in [0.1, 0.15) is 17.2 Å². The summed E-state index contributed by atoms with van der Waals surface area (Å²) in [6.45, 7) is 7.06. The van der Waals surface area contributed by atoms with E-state index in [9.17, 15) is 4.79 Å². The Morgan fingerprint density at radius 1 is 1.32 bits per heavy atom. The van der Waals surface area contributed by atoms with Crippen molar-refractivity contribution in [2.75, 3.05) is 7.11 Å². The fourth-order valence-corrected chi connectivity index (χ4v) is 2.05. The maximum atomic E-state index is 12.3. The number of fused-ring (bicyclic) bond motifs is 3. The second kappa shape index (κ2) is 3.88. The lowest BCUT2D eigenvalue weighted by atomic mass is 10.1. The van der Waals surface area contributed by atoms with Crippen molar-refractivity contribution in [2.24, 2.45) is 15.2 Å². The van der Waals surface area contributed by atoms with Gasteiger partial charge in [-0.1, -0.05) is 6.58 Å². The SMILES string of the molecule is C=NN1N=C2C(=NC1=C)C(=O)c1cc(OC)ccc12. The van der Waals surface area contributed by atoms with Gasteiger partial charge in [0.25, 0.3) is 0 Å². The van der Waals surface area contributed by atoms with Crippen LogP contribution in [0.5, 0.6) is 5.75 Å². The fraction of sp³-hybridized carbons (Fsp3) is 0.0769. The highest BCUT2D eigenvalue weighted by Gasteiger charge is 2.36. The molecule has 0 amide bonds. The standard InChI is InChI=1S/C13H10N4O2/c1-7-15-12-11(16-17(7)14-2)9-5-4-8(19-3)6-10(9)13(12)18/h4-6H,1-2H2,3H3. The number of hydrazone groups is 2. The monoisotopic (exact) mass is 254 g/mol. The van der Waals surface area contributed by atoms with Crippen LogP contribution in [0, 0.1) is 0 Å². The topological polar surface area (TPSA) is 66.6 Å². The second-order valence-electron chi connectivity index (χ2n) is 4.00. The summed E-state index contributed by atoms with van der Waals surface area (Å²) in [6.07, 6.45) is 0. The molecule has 0 unspecified atom stereocenters. The van der Waals surface area contributed by atoms with Crippen molar-refractivity contribution < 1.29 is 9.53 Å². The molecule has 1 aromatic carbocycles. The predicted molar refractivity (Wildman–Crippen MR) is 71.8 cm³/mol. The van der Waals surface area contributed by atoms with Gasteiger partial charge in [0.15, 0.2) is 5.82 Å². The number of ether oxygens (including phenoxy) is 1. The molecular weight excluding hydrogens is 244 g/mol. The summed E-state index contributed by atoms with van der Waals surface area (Å²) >= 11 is 0. The Hall–Kier alpha value is -2.76. The van der Waals surface area contributed by atoms with E-state index >= 15 is 0 Å². The summed E-state index contributed by atoms with van der Waals surface area (Å²) in [5, 5.41) is 9.09. The predicted octanol–water partition coefficient (Wildman–Crippen LogP) is 1.44. The number of benzene rings is 1. The van der Waals surface area contributed by atoms with Crippen LogP contribution in [-0.2, 0) is 0 Å². The third kappa shape index (κ3) is 1.50. The largest absolute Gasteiger partial charge is 0.497 e. The Morgan fingerprint density at radius 3 is 2.79 bits per heavy atom. The van der Waals surface area contributed by atoms with Gasteiger partial charge in [-0.05, 0) is 18.2 Å². The molecule has 0 saturated carbocycles. The van der Waals surface area contributed by atoms with Gasteiger partial charge in [0, 0.05) is 17.8 Å². The first-order valence-corrected chi connectivity index (χ1v) is 5.52. The van der Waals surface area contributed by atoms with Gasteiger partial charge >= 0.3 is 0 Å². The number of ketones is 1. The first-order valence-electron chi connectivity index (χ1n) is 5.52. The molecule has 0 bridgehead atoms. The lowest BCUT2D eigenvalue weighted by Crippen LogP contribution is -2.25. The number of rotatable bonds is 2. The zero-order valence-corrected chi connectivity index (χ0v) is 10.3. The van der Waals surface area contributed by atoms with Gasteiger partial charge in [-0.25, -0.2) is 4.99 Å². The summed E-state index contributed by atoms with van der Waals surface area (Å²) in [7, 11) is 1.55. The molecule has 0 atom stereocenters. The van der Waals surface area contributed by atoms with Crippen LogP contribution >= 0.6 is 0 Å². The molecule has 6 nitrogen and oxygen atoms in total. The lowest BCUT2D eigenvalue weighted by Gasteiger charge is -2.17. The zero-order valence-electron chi connectivity index (χ0n) is 10.3. The third-order valence-corrected chi connectivity index (χ3v) is 2.97. The van der Waals surface area contributed by atoms with Crippen LogP contribution in [0.25, 0.3) is 0 Å². The van der Waals surface area contributed by atoms with Crippen molar-refractivity contribution in [3.63, 3.8) is 0 Å². The lowest BCUT2D eigenvalue weighted by molar-refractivity contribution is 0.106. The third-order valence-electron chi connectivity index (χ3n) is 2.97. The molecule has 1 aromatic rings. The summed E-state index contributed by atoms with van der Waals surface area (Å²) in [5.74, 6) is 0.698. The summed E-state index contributed by atoms with van der Waals surface area (Å²) in [6, 6.07) is 5.23. The smallest absolute Gasteiger partial charge is 0.214 e. The van der Waals surface area contributed by atoms with Crippen LogP contribution in [0.15, 0.2) is 45.8 Å². The molecule has 0 aromatic heterocycles. The number of carbonyl (C=O) groups is 1. The van der Waals surface area contributed by atoms with Crippen molar-refractivity contribution in [3.05, 3.63) is 41.7 Å². The number of aliphatic imine (C=N–C) groups is 1. The molecule has 0 N–H and O–H groups in total. The molecule has 19 heavy (non-hydrogen) atoms. The average molecular weight is 254 g/mol. The fourth-order valence-electron chi connectivity index (χ4n) is 2.05. The Kier molecular flexibility index (Phi) is 2.31. The molecule has 1 heterocycles. The van der Waals surface area contributed by atoms with Crippen LogP contribution < -0.4 is 4.74 Å². The molecule has 1 aliphatic carbocycles. The zero-order chi connectivity index (χ0) is 13.6. The van der Waals surface area contributed by atoms with E-state index in [-0.39, 0.29) is 17.3 Å². The van der Waals surface area contributed by atoms with Gasteiger partial charge < -0.3 is 4.74 Å². The van der Waals surface area contributed by atoms with Crippen LogP contribution in [0.4, 0.5) is 0 Å². The van der Waals surface area contributed by atoms with Crippen molar-refractivity contribution in [1.82, 2.24) is 5.12 Å². The molecule has 2 aliphatic rings. The van der Waals surface area contributed by atoms with Crippen LogP contribution in [0.2, 0.25) is 0 Å². The first kappa shape index (κ1) is 11.3. The summed E-state index contributed by atoms with van der Waals surface area (Å²) < 4.78 is 5.12. The molecule has 94 valence electrons. The number of hydrogen-bond donors (Lipinski definition) is 0. The Balaban J connectivity index is 2.20. The highest BCUT2D eigenvalue weighted by molar-refractivity contribution is 6.78.